The summed E-state index contributed by atoms with van der Waals surface area (Å²) in [5.74, 6) is -0.181. The summed E-state index contributed by atoms with van der Waals surface area (Å²) in [5.41, 5.74) is 4.73. The lowest BCUT2D eigenvalue weighted by atomic mass is 10.0. The van der Waals surface area contributed by atoms with Crippen LogP contribution in [0.2, 0.25) is 0 Å². The standard InChI is InChI=1S/C17H14O3/c1-2-20-17(19)10-16-13-6-4-3-5-12(13)14-8-7-11(18)9-15(14)16/h3-10,18H,2H2,1H3/b16-10+. The van der Waals surface area contributed by atoms with Crippen LogP contribution in [0.25, 0.3) is 16.7 Å². The fraction of sp³-hybridized carbons (Fsp3) is 0.118. The van der Waals surface area contributed by atoms with E-state index in [-0.39, 0.29) is 11.7 Å². The predicted molar refractivity (Wildman–Crippen MR) is 77.3 cm³/mol. The average molecular weight is 266 g/mol. The van der Waals surface area contributed by atoms with Crippen molar-refractivity contribution in [2.24, 2.45) is 0 Å². The largest absolute Gasteiger partial charge is 0.508 e. The molecule has 0 atom stereocenters. The van der Waals surface area contributed by atoms with E-state index in [9.17, 15) is 9.90 Å². The van der Waals surface area contributed by atoms with Crippen LogP contribution in [-0.2, 0) is 9.53 Å². The number of carbonyl (C=O) groups excluding carboxylic acids is 1. The molecule has 0 radical (unpaired) electrons. The van der Waals surface area contributed by atoms with Crippen LogP contribution in [0.1, 0.15) is 18.1 Å². The number of fused-ring (bicyclic) bond motifs is 3. The molecule has 0 heterocycles. The molecule has 2 aromatic rings. The fourth-order valence-electron chi connectivity index (χ4n) is 2.55. The quantitative estimate of drug-likeness (QED) is 0.571. The third kappa shape index (κ3) is 1.97. The summed E-state index contributed by atoms with van der Waals surface area (Å²) in [5, 5.41) is 9.69. The Balaban J connectivity index is 2.20. The first kappa shape index (κ1) is 12.5. The molecule has 20 heavy (non-hydrogen) atoms. The van der Waals surface area contributed by atoms with Crippen molar-refractivity contribution in [1.29, 1.82) is 0 Å². The number of benzene rings is 2. The molecular weight excluding hydrogens is 252 g/mol. The monoisotopic (exact) mass is 266 g/mol. The fourth-order valence-corrected chi connectivity index (χ4v) is 2.55. The van der Waals surface area contributed by atoms with Gasteiger partial charge in [-0.15, -0.1) is 0 Å². The molecule has 100 valence electrons. The number of carbonyl (C=O) groups is 1. The van der Waals surface area contributed by atoms with Crippen molar-refractivity contribution in [3.8, 4) is 16.9 Å². The van der Waals surface area contributed by atoms with Gasteiger partial charge in [-0.2, -0.15) is 0 Å². The zero-order valence-corrected chi connectivity index (χ0v) is 11.1. The molecule has 0 spiro atoms. The minimum Gasteiger partial charge on any atom is -0.508 e. The Bertz CT molecular complexity index is 714. The van der Waals surface area contributed by atoms with Crippen LogP contribution in [0, 0.1) is 0 Å². The first-order valence-corrected chi connectivity index (χ1v) is 6.52. The molecule has 0 bridgehead atoms. The third-order valence-electron chi connectivity index (χ3n) is 3.35. The summed E-state index contributed by atoms with van der Waals surface area (Å²) >= 11 is 0. The van der Waals surface area contributed by atoms with Gasteiger partial charge < -0.3 is 9.84 Å². The van der Waals surface area contributed by atoms with Crippen LogP contribution in [0.3, 0.4) is 0 Å². The number of hydrogen-bond acceptors (Lipinski definition) is 3. The Morgan fingerprint density at radius 1 is 1.10 bits per heavy atom. The number of rotatable bonds is 2. The molecule has 1 aliphatic rings. The van der Waals surface area contributed by atoms with Crippen LogP contribution in [0.4, 0.5) is 0 Å². The minimum atomic E-state index is -0.367. The Hall–Kier alpha value is -2.55. The molecule has 0 saturated heterocycles. The number of ether oxygens (including phenoxy) is 1. The van der Waals surface area contributed by atoms with E-state index in [1.165, 1.54) is 6.08 Å². The summed E-state index contributed by atoms with van der Waals surface area (Å²) < 4.78 is 4.99. The number of phenolic OH excluding ortho intramolecular Hbond substituents is 1. The molecule has 3 nitrogen and oxygen atoms in total. The van der Waals surface area contributed by atoms with E-state index >= 15 is 0 Å². The summed E-state index contributed by atoms with van der Waals surface area (Å²) in [6.07, 6.45) is 1.49. The van der Waals surface area contributed by atoms with Crippen LogP contribution >= 0.6 is 0 Å². The molecule has 2 aromatic carbocycles. The molecule has 0 unspecified atom stereocenters. The molecule has 1 aliphatic carbocycles. The zero-order valence-electron chi connectivity index (χ0n) is 11.1. The lowest BCUT2D eigenvalue weighted by molar-refractivity contribution is -0.137. The summed E-state index contributed by atoms with van der Waals surface area (Å²) in [6.45, 7) is 2.12. The van der Waals surface area contributed by atoms with Gasteiger partial charge >= 0.3 is 5.97 Å². The van der Waals surface area contributed by atoms with Gasteiger partial charge in [0.2, 0.25) is 0 Å². The van der Waals surface area contributed by atoms with Crippen molar-refractivity contribution in [2.45, 2.75) is 6.92 Å². The van der Waals surface area contributed by atoms with Gasteiger partial charge in [-0.3, -0.25) is 0 Å². The smallest absolute Gasteiger partial charge is 0.331 e. The third-order valence-corrected chi connectivity index (χ3v) is 3.35. The Morgan fingerprint density at radius 3 is 2.55 bits per heavy atom. The van der Waals surface area contributed by atoms with Gasteiger partial charge in [-0.05, 0) is 46.9 Å². The maximum atomic E-state index is 11.7. The van der Waals surface area contributed by atoms with E-state index in [1.54, 1.807) is 19.1 Å². The van der Waals surface area contributed by atoms with Gasteiger partial charge in [-0.1, -0.05) is 30.3 Å². The topological polar surface area (TPSA) is 46.5 Å². The van der Waals surface area contributed by atoms with Gasteiger partial charge in [-0.25, -0.2) is 4.79 Å². The van der Waals surface area contributed by atoms with Crippen molar-refractivity contribution in [3.63, 3.8) is 0 Å². The van der Waals surface area contributed by atoms with E-state index in [4.69, 9.17) is 4.74 Å². The van der Waals surface area contributed by atoms with Crippen LogP contribution in [-0.4, -0.2) is 17.7 Å². The van der Waals surface area contributed by atoms with Crippen molar-refractivity contribution < 1.29 is 14.6 Å². The van der Waals surface area contributed by atoms with Crippen LogP contribution in [0.5, 0.6) is 5.75 Å². The molecule has 0 saturated carbocycles. The van der Waals surface area contributed by atoms with E-state index in [0.717, 1.165) is 27.8 Å². The minimum absolute atomic E-state index is 0.186. The van der Waals surface area contributed by atoms with E-state index in [0.29, 0.717) is 6.61 Å². The van der Waals surface area contributed by atoms with Gasteiger partial charge in [0.05, 0.1) is 6.61 Å². The summed E-state index contributed by atoms with van der Waals surface area (Å²) in [7, 11) is 0. The van der Waals surface area contributed by atoms with Crippen LogP contribution in [0.15, 0.2) is 48.5 Å². The van der Waals surface area contributed by atoms with Gasteiger partial charge in [0.1, 0.15) is 5.75 Å². The number of phenols is 1. The molecule has 3 heteroatoms. The van der Waals surface area contributed by atoms with Gasteiger partial charge in [0, 0.05) is 6.08 Å². The van der Waals surface area contributed by atoms with Crippen LogP contribution < -0.4 is 0 Å². The highest BCUT2D eigenvalue weighted by Crippen LogP contribution is 2.45. The lowest BCUT2D eigenvalue weighted by Crippen LogP contribution is -2.00. The first-order valence-electron chi connectivity index (χ1n) is 6.52. The van der Waals surface area contributed by atoms with E-state index in [2.05, 4.69) is 0 Å². The molecule has 3 rings (SSSR count). The highest BCUT2D eigenvalue weighted by molar-refractivity contribution is 6.07. The Morgan fingerprint density at radius 2 is 1.80 bits per heavy atom. The first-order chi connectivity index (χ1) is 9.70. The maximum Gasteiger partial charge on any atom is 0.331 e. The highest BCUT2D eigenvalue weighted by atomic mass is 16.5. The van der Waals surface area contributed by atoms with Crippen molar-refractivity contribution in [1.82, 2.24) is 0 Å². The Kier molecular flexibility index (Phi) is 3.03. The molecule has 0 aromatic heterocycles. The zero-order chi connectivity index (χ0) is 14.1. The van der Waals surface area contributed by atoms with Crippen molar-refractivity contribution in [3.05, 3.63) is 59.7 Å². The van der Waals surface area contributed by atoms with Gasteiger partial charge in [0.25, 0.3) is 0 Å². The maximum absolute atomic E-state index is 11.7. The second-order valence-electron chi connectivity index (χ2n) is 4.59. The lowest BCUT2D eigenvalue weighted by Gasteiger charge is -2.03. The summed E-state index contributed by atoms with van der Waals surface area (Å²) in [6, 6.07) is 13.1. The average Bonchev–Trinajstić information content (AvgIpc) is 2.73. The molecule has 0 amide bonds. The number of esters is 1. The number of aromatic hydroxyl groups is 1. The Labute approximate surface area is 117 Å². The molecule has 1 N–H and O–H groups in total. The molecular formula is C17H14O3. The van der Waals surface area contributed by atoms with Gasteiger partial charge in [0.15, 0.2) is 0 Å². The van der Waals surface area contributed by atoms with Crippen molar-refractivity contribution >= 4 is 11.5 Å². The SMILES string of the molecule is CCOC(=O)/C=C1\c2ccccc2-c2ccc(O)cc21. The normalized spacial score (nSPS) is 13.9. The molecule has 0 aliphatic heterocycles. The number of hydrogen-bond donors (Lipinski definition) is 1. The highest BCUT2D eigenvalue weighted by Gasteiger charge is 2.24. The van der Waals surface area contributed by atoms with Crippen molar-refractivity contribution in [2.75, 3.05) is 6.61 Å². The van der Waals surface area contributed by atoms with E-state index in [1.807, 2.05) is 30.3 Å². The van der Waals surface area contributed by atoms with E-state index < -0.39 is 0 Å². The summed E-state index contributed by atoms with van der Waals surface area (Å²) in [4.78, 5) is 11.7. The second-order valence-corrected chi connectivity index (χ2v) is 4.59. The molecule has 0 fully saturated rings. The predicted octanol–water partition coefficient (Wildman–Crippen LogP) is 3.37. The second kappa shape index (κ2) is 4.85.